The van der Waals surface area contributed by atoms with Gasteiger partial charge in [-0.25, -0.2) is 4.79 Å². The Bertz CT molecular complexity index is 954. The van der Waals surface area contributed by atoms with Crippen molar-refractivity contribution in [2.24, 2.45) is 5.92 Å². The summed E-state index contributed by atoms with van der Waals surface area (Å²) in [6.45, 7) is 11.2. The van der Waals surface area contributed by atoms with Crippen LogP contribution >= 0.6 is 12.6 Å². The molecule has 4 unspecified atom stereocenters. The van der Waals surface area contributed by atoms with Gasteiger partial charge in [0.25, 0.3) is 0 Å². The van der Waals surface area contributed by atoms with Crippen molar-refractivity contribution < 1.29 is 19.1 Å². The Morgan fingerprint density at radius 1 is 1.22 bits per heavy atom. The molecule has 1 aromatic carbocycles. The standard InChI is InChI=1S/C28H41N3O4S/c1-6-19-11-10-12-20(16-19)24(25(32)29-21-13-8-7-9-14-21)31(23-15-18(23)2)26(33)22(17-36)30-27(34)35-28(3,4)5/h6,10-12,16,18,21-24,36H,1,7-9,13-15,17H2,2-5H3,(H,29,32)(H,30,34). The van der Waals surface area contributed by atoms with Gasteiger partial charge in [0.15, 0.2) is 0 Å². The quantitative estimate of drug-likeness (QED) is 0.409. The lowest BCUT2D eigenvalue weighted by molar-refractivity contribution is -0.143. The topological polar surface area (TPSA) is 87.7 Å². The molecule has 0 spiro atoms. The Morgan fingerprint density at radius 2 is 1.89 bits per heavy atom. The number of nitrogens with one attached hydrogen (secondary N) is 2. The smallest absolute Gasteiger partial charge is 0.408 e. The number of carbonyl (C=O) groups is 3. The third kappa shape index (κ3) is 7.51. The molecular weight excluding hydrogens is 474 g/mol. The zero-order valence-electron chi connectivity index (χ0n) is 22.0. The molecule has 3 amide bonds. The molecule has 198 valence electrons. The number of thiol groups is 1. The van der Waals surface area contributed by atoms with Gasteiger partial charge < -0.3 is 20.3 Å². The molecule has 8 heteroatoms. The first-order valence-electron chi connectivity index (χ1n) is 13.0. The summed E-state index contributed by atoms with van der Waals surface area (Å²) in [6, 6.07) is 5.83. The van der Waals surface area contributed by atoms with E-state index >= 15 is 0 Å². The van der Waals surface area contributed by atoms with Crippen LogP contribution in [-0.2, 0) is 14.3 Å². The van der Waals surface area contributed by atoms with Crippen LogP contribution < -0.4 is 10.6 Å². The van der Waals surface area contributed by atoms with Gasteiger partial charge in [0.1, 0.15) is 17.7 Å². The molecule has 3 rings (SSSR count). The molecule has 7 nitrogen and oxygen atoms in total. The Kier molecular flexibility index (Phi) is 9.50. The van der Waals surface area contributed by atoms with Gasteiger partial charge in [-0.2, -0.15) is 12.6 Å². The minimum Gasteiger partial charge on any atom is -0.444 e. The molecule has 2 N–H and O–H groups in total. The minimum absolute atomic E-state index is 0.0827. The predicted octanol–water partition coefficient (Wildman–Crippen LogP) is 4.88. The van der Waals surface area contributed by atoms with Crippen LogP contribution in [0.2, 0.25) is 0 Å². The highest BCUT2D eigenvalue weighted by molar-refractivity contribution is 7.80. The number of rotatable bonds is 9. The average Bonchev–Trinajstić information content (AvgIpc) is 3.55. The number of ether oxygens (including phenoxy) is 1. The zero-order valence-corrected chi connectivity index (χ0v) is 22.9. The summed E-state index contributed by atoms with van der Waals surface area (Å²) < 4.78 is 5.38. The number of amides is 3. The van der Waals surface area contributed by atoms with E-state index in [0.717, 1.165) is 43.2 Å². The van der Waals surface area contributed by atoms with E-state index in [2.05, 4.69) is 36.8 Å². The van der Waals surface area contributed by atoms with Crippen LogP contribution in [-0.4, -0.2) is 52.3 Å². The molecule has 1 aromatic rings. The largest absolute Gasteiger partial charge is 0.444 e. The van der Waals surface area contributed by atoms with Crippen molar-refractivity contribution >= 4 is 36.6 Å². The third-order valence-electron chi connectivity index (χ3n) is 6.79. The predicted molar refractivity (Wildman–Crippen MR) is 146 cm³/mol. The fourth-order valence-electron chi connectivity index (χ4n) is 4.81. The molecule has 0 aromatic heterocycles. The Labute approximate surface area is 220 Å². The van der Waals surface area contributed by atoms with E-state index < -0.39 is 23.8 Å². The van der Waals surface area contributed by atoms with Crippen LogP contribution in [0.15, 0.2) is 30.8 Å². The maximum Gasteiger partial charge on any atom is 0.408 e. The molecule has 0 bridgehead atoms. The van der Waals surface area contributed by atoms with E-state index in [9.17, 15) is 14.4 Å². The lowest BCUT2D eigenvalue weighted by atomic mass is 9.94. The van der Waals surface area contributed by atoms with Crippen molar-refractivity contribution in [2.45, 2.75) is 96.0 Å². The molecule has 0 saturated heterocycles. The van der Waals surface area contributed by atoms with Gasteiger partial charge in [-0.1, -0.05) is 57.0 Å². The first-order valence-corrected chi connectivity index (χ1v) is 13.6. The molecule has 4 atom stereocenters. The molecule has 0 heterocycles. The molecular formula is C28H41N3O4S. The number of alkyl carbamates (subject to hydrolysis) is 1. The highest BCUT2D eigenvalue weighted by Gasteiger charge is 2.48. The summed E-state index contributed by atoms with van der Waals surface area (Å²) in [4.78, 5) is 42.0. The first-order chi connectivity index (χ1) is 17.0. The van der Waals surface area contributed by atoms with Crippen LogP contribution in [0.1, 0.15) is 83.4 Å². The van der Waals surface area contributed by atoms with Crippen molar-refractivity contribution in [2.75, 3.05) is 5.75 Å². The third-order valence-corrected chi connectivity index (χ3v) is 7.16. The summed E-state index contributed by atoms with van der Waals surface area (Å²) in [5, 5.41) is 5.90. The highest BCUT2D eigenvalue weighted by atomic mass is 32.1. The normalized spacial score (nSPS) is 21.6. The second kappa shape index (κ2) is 12.2. The van der Waals surface area contributed by atoms with E-state index in [4.69, 9.17) is 4.74 Å². The van der Waals surface area contributed by atoms with Gasteiger partial charge in [0.2, 0.25) is 11.8 Å². The Morgan fingerprint density at radius 3 is 2.44 bits per heavy atom. The van der Waals surface area contributed by atoms with Crippen molar-refractivity contribution in [3.63, 3.8) is 0 Å². The van der Waals surface area contributed by atoms with Gasteiger partial charge in [-0.15, -0.1) is 0 Å². The monoisotopic (exact) mass is 515 g/mol. The summed E-state index contributed by atoms with van der Waals surface area (Å²) >= 11 is 4.36. The summed E-state index contributed by atoms with van der Waals surface area (Å²) in [6.07, 6.45) is 7.09. The van der Waals surface area contributed by atoms with Crippen LogP contribution in [0.4, 0.5) is 4.79 Å². The van der Waals surface area contributed by atoms with Crippen molar-refractivity contribution in [1.29, 1.82) is 0 Å². The Balaban J connectivity index is 1.94. The minimum atomic E-state index is -0.927. The van der Waals surface area contributed by atoms with E-state index in [-0.39, 0.29) is 35.6 Å². The lowest BCUT2D eigenvalue weighted by Crippen LogP contribution is -2.55. The van der Waals surface area contributed by atoms with Gasteiger partial charge in [-0.05, 0) is 63.1 Å². The van der Waals surface area contributed by atoms with E-state index in [0.29, 0.717) is 0 Å². The lowest BCUT2D eigenvalue weighted by Gasteiger charge is -2.36. The van der Waals surface area contributed by atoms with Crippen LogP contribution in [0.25, 0.3) is 6.08 Å². The molecule has 0 radical (unpaired) electrons. The van der Waals surface area contributed by atoms with Crippen molar-refractivity contribution in [3.05, 3.63) is 42.0 Å². The van der Waals surface area contributed by atoms with Crippen molar-refractivity contribution in [3.8, 4) is 0 Å². The summed E-state index contributed by atoms with van der Waals surface area (Å²) in [5.74, 6) is -0.188. The zero-order chi connectivity index (χ0) is 26.5. The van der Waals surface area contributed by atoms with Gasteiger partial charge in [-0.3, -0.25) is 9.59 Å². The number of hydrogen-bond donors (Lipinski definition) is 3. The van der Waals surface area contributed by atoms with Gasteiger partial charge in [0.05, 0.1) is 0 Å². The second-order valence-electron chi connectivity index (χ2n) is 11.0. The SMILES string of the molecule is C=Cc1cccc(C(C(=O)NC2CCCCC2)N(C(=O)C(CS)NC(=O)OC(C)(C)C)C2CC2C)c1. The fourth-order valence-corrected chi connectivity index (χ4v) is 5.06. The first kappa shape index (κ1) is 28.1. The molecule has 0 aliphatic heterocycles. The molecule has 36 heavy (non-hydrogen) atoms. The summed E-state index contributed by atoms with van der Waals surface area (Å²) in [7, 11) is 0. The number of nitrogens with zero attached hydrogens (tertiary/aromatic N) is 1. The van der Waals surface area contributed by atoms with E-state index in [1.54, 1.807) is 31.7 Å². The van der Waals surface area contributed by atoms with Gasteiger partial charge in [0, 0.05) is 17.8 Å². The van der Waals surface area contributed by atoms with Crippen molar-refractivity contribution in [1.82, 2.24) is 15.5 Å². The average molecular weight is 516 g/mol. The number of benzene rings is 1. The number of carbonyl (C=O) groups excluding carboxylic acids is 3. The molecule has 2 aliphatic carbocycles. The van der Waals surface area contributed by atoms with E-state index in [1.165, 1.54) is 6.42 Å². The van der Waals surface area contributed by atoms with Crippen LogP contribution in [0.3, 0.4) is 0 Å². The second-order valence-corrected chi connectivity index (χ2v) is 11.4. The fraction of sp³-hybridized carbons (Fsp3) is 0.607. The molecule has 2 saturated carbocycles. The molecule has 2 fully saturated rings. The molecule has 2 aliphatic rings. The van der Waals surface area contributed by atoms with E-state index in [1.807, 2.05) is 24.3 Å². The number of hydrogen-bond acceptors (Lipinski definition) is 5. The van der Waals surface area contributed by atoms with Gasteiger partial charge >= 0.3 is 6.09 Å². The van der Waals surface area contributed by atoms with Crippen LogP contribution in [0.5, 0.6) is 0 Å². The maximum absolute atomic E-state index is 14.0. The Hall–Kier alpha value is -2.48. The maximum atomic E-state index is 14.0. The summed E-state index contributed by atoms with van der Waals surface area (Å²) in [5.41, 5.74) is 0.896. The van der Waals surface area contributed by atoms with Crippen LogP contribution in [0, 0.1) is 5.92 Å². The highest BCUT2D eigenvalue weighted by Crippen LogP contribution is 2.41.